The van der Waals surface area contributed by atoms with Crippen LogP contribution in [0.2, 0.25) is 0 Å². The van der Waals surface area contributed by atoms with E-state index in [4.69, 9.17) is 5.11 Å². The SMILES string of the molecule is CCCCCC/C=C\C#CCCCCCCCC(=O)O. The summed E-state index contributed by atoms with van der Waals surface area (Å²) < 4.78 is 0. The fourth-order valence-corrected chi connectivity index (χ4v) is 1.98. The van der Waals surface area contributed by atoms with Crippen LogP contribution in [0.25, 0.3) is 0 Å². The number of allylic oxidation sites excluding steroid dienone is 2. The van der Waals surface area contributed by atoms with E-state index in [2.05, 4.69) is 24.8 Å². The maximum absolute atomic E-state index is 10.3. The molecule has 0 unspecified atom stereocenters. The van der Waals surface area contributed by atoms with Gasteiger partial charge in [0.25, 0.3) is 0 Å². The van der Waals surface area contributed by atoms with Gasteiger partial charge in [0.2, 0.25) is 0 Å². The standard InChI is InChI=1S/C18H30O2/c1-2-3-4-5-6-7-8-9-10-11-12-13-14-15-16-17-18(19)20/h7-8H,2-6,11-17H2,1H3,(H,19,20)/b8-7-. The average Bonchev–Trinajstić information content (AvgIpc) is 2.43. The molecule has 2 heteroatoms. The second kappa shape index (κ2) is 15.8. The third-order valence-electron chi connectivity index (χ3n) is 3.22. The smallest absolute Gasteiger partial charge is 0.303 e. The van der Waals surface area contributed by atoms with E-state index >= 15 is 0 Å². The van der Waals surface area contributed by atoms with Crippen LogP contribution in [0.15, 0.2) is 12.2 Å². The molecule has 1 N–H and O–H groups in total. The van der Waals surface area contributed by atoms with Gasteiger partial charge < -0.3 is 5.11 Å². The zero-order valence-corrected chi connectivity index (χ0v) is 13.0. The Morgan fingerprint density at radius 3 is 2.45 bits per heavy atom. The third kappa shape index (κ3) is 16.8. The van der Waals surface area contributed by atoms with Crippen LogP contribution < -0.4 is 0 Å². The summed E-state index contributed by atoms with van der Waals surface area (Å²) in [5, 5.41) is 8.49. The van der Waals surface area contributed by atoms with Crippen molar-refractivity contribution in [1.82, 2.24) is 0 Å². The number of hydrogen-bond donors (Lipinski definition) is 1. The molecule has 0 rings (SSSR count). The maximum Gasteiger partial charge on any atom is 0.303 e. The number of carboxylic acids is 1. The first kappa shape index (κ1) is 18.8. The molecule has 0 aliphatic rings. The molecule has 0 heterocycles. The van der Waals surface area contributed by atoms with Gasteiger partial charge in [-0.2, -0.15) is 0 Å². The molecule has 0 amide bonds. The zero-order chi connectivity index (χ0) is 14.9. The van der Waals surface area contributed by atoms with Gasteiger partial charge in [0.1, 0.15) is 0 Å². The highest BCUT2D eigenvalue weighted by atomic mass is 16.4. The molecule has 0 atom stereocenters. The lowest BCUT2D eigenvalue weighted by Crippen LogP contribution is -1.93. The summed E-state index contributed by atoms with van der Waals surface area (Å²) >= 11 is 0. The van der Waals surface area contributed by atoms with Crippen LogP contribution in [0.5, 0.6) is 0 Å². The van der Waals surface area contributed by atoms with Gasteiger partial charge >= 0.3 is 5.97 Å². The van der Waals surface area contributed by atoms with Crippen molar-refractivity contribution in [3.63, 3.8) is 0 Å². The van der Waals surface area contributed by atoms with Crippen molar-refractivity contribution < 1.29 is 9.90 Å². The number of aliphatic carboxylic acids is 1. The molecule has 0 spiro atoms. The van der Waals surface area contributed by atoms with Crippen LogP contribution in [-0.2, 0) is 4.79 Å². The van der Waals surface area contributed by atoms with Gasteiger partial charge in [0, 0.05) is 12.8 Å². The van der Waals surface area contributed by atoms with E-state index in [9.17, 15) is 4.79 Å². The summed E-state index contributed by atoms with van der Waals surface area (Å²) in [4.78, 5) is 10.3. The quantitative estimate of drug-likeness (QED) is 0.387. The topological polar surface area (TPSA) is 37.3 Å². The zero-order valence-electron chi connectivity index (χ0n) is 13.0. The highest BCUT2D eigenvalue weighted by Crippen LogP contribution is 2.06. The average molecular weight is 278 g/mol. The molecule has 0 aliphatic carbocycles. The molecule has 0 saturated heterocycles. The Kier molecular flexibility index (Phi) is 14.9. The molecular formula is C18H30O2. The van der Waals surface area contributed by atoms with Gasteiger partial charge in [-0.25, -0.2) is 0 Å². The molecule has 20 heavy (non-hydrogen) atoms. The minimum Gasteiger partial charge on any atom is -0.481 e. The highest BCUT2D eigenvalue weighted by molar-refractivity contribution is 5.66. The molecule has 0 aromatic carbocycles. The van der Waals surface area contributed by atoms with Crippen LogP contribution in [0.4, 0.5) is 0 Å². The van der Waals surface area contributed by atoms with Gasteiger partial charge in [-0.1, -0.05) is 63.4 Å². The van der Waals surface area contributed by atoms with Gasteiger partial charge in [-0.05, 0) is 31.8 Å². The molecule has 0 radical (unpaired) electrons. The first-order valence-corrected chi connectivity index (χ1v) is 8.12. The van der Waals surface area contributed by atoms with Crippen molar-refractivity contribution in [2.45, 2.75) is 84.0 Å². The van der Waals surface area contributed by atoms with Crippen LogP contribution in [0, 0.1) is 11.8 Å². The summed E-state index contributed by atoms with van der Waals surface area (Å²) in [5.41, 5.74) is 0. The summed E-state index contributed by atoms with van der Waals surface area (Å²) in [6, 6.07) is 0. The number of rotatable bonds is 12. The van der Waals surface area contributed by atoms with Crippen molar-refractivity contribution in [3.05, 3.63) is 12.2 Å². The van der Waals surface area contributed by atoms with E-state index in [-0.39, 0.29) is 0 Å². The Bertz CT molecular complexity index is 307. The largest absolute Gasteiger partial charge is 0.481 e. The molecule has 2 nitrogen and oxygen atoms in total. The number of carbonyl (C=O) groups is 1. The molecule has 0 aromatic rings. The predicted molar refractivity (Wildman–Crippen MR) is 85.6 cm³/mol. The normalized spacial score (nSPS) is 10.4. The Morgan fingerprint density at radius 2 is 1.70 bits per heavy atom. The third-order valence-corrected chi connectivity index (χ3v) is 3.22. The Labute approximate surface area is 124 Å². The van der Waals surface area contributed by atoms with Crippen molar-refractivity contribution in [3.8, 4) is 11.8 Å². The summed E-state index contributed by atoms with van der Waals surface area (Å²) in [5.74, 6) is 5.57. The maximum atomic E-state index is 10.3. The van der Waals surface area contributed by atoms with E-state index < -0.39 is 5.97 Å². The van der Waals surface area contributed by atoms with Crippen molar-refractivity contribution in [2.75, 3.05) is 0 Å². The number of hydrogen-bond acceptors (Lipinski definition) is 1. The van der Waals surface area contributed by atoms with Gasteiger partial charge in [-0.3, -0.25) is 4.79 Å². The van der Waals surface area contributed by atoms with Gasteiger partial charge in [0.15, 0.2) is 0 Å². The molecule has 0 aromatic heterocycles. The van der Waals surface area contributed by atoms with E-state index in [1.165, 1.54) is 25.7 Å². The molecule has 0 aliphatic heterocycles. The monoisotopic (exact) mass is 278 g/mol. The van der Waals surface area contributed by atoms with E-state index in [0.29, 0.717) is 6.42 Å². The lowest BCUT2D eigenvalue weighted by molar-refractivity contribution is -0.137. The van der Waals surface area contributed by atoms with E-state index in [1.807, 2.05) is 6.08 Å². The second-order valence-electron chi connectivity index (χ2n) is 5.23. The lowest BCUT2D eigenvalue weighted by Gasteiger charge is -1.97. The van der Waals surface area contributed by atoms with Crippen molar-refractivity contribution in [1.29, 1.82) is 0 Å². The van der Waals surface area contributed by atoms with Crippen LogP contribution in [0.3, 0.4) is 0 Å². The second-order valence-corrected chi connectivity index (χ2v) is 5.23. The summed E-state index contributed by atoms with van der Waals surface area (Å²) in [7, 11) is 0. The van der Waals surface area contributed by atoms with Crippen LogP contribution in [0.1, 0.15) is 84.0 Å². The Morgan fingerprint density at radius 1 is 1.00 bits per heavy atom. The molecule has 0 fully saturated rings. The minimum atomic E-state index is -0.683. The van der Waals surface area contributed by atoms with E-state index in [0.717, 1.165) is 44.9 Å². The van der Waals surface area contributed by atoms with Gasteiger partial charge in [-0.15, -0.1) is 0 Å². The number of unbranched alkanes of at least 4 members (excludes halogenated alkanes) is 9. The van der Waals surface area contributed by atoms with E-state index in [1.54, 1.807) is 0 Å². The minimum absolute atomic E-state index is 0.308. The fraction of sp³-hybridized carbons (Fsp3) is 0.722. The molecule has 0 saturated carbocycles. The first-order chi connectivity index (χ1) is 9.77. The lowest BCUT2D eigenvalue weighted by atomic mass is 10.1. The van der Waals surface area contributed by atoms with Crippen molar-refractivity contribution in [2.24, 2.45) is 0 Å². The predicted octanol–water partition coefficient (Wildman–Crippen LogP) is 5.33. The van der Waals surface area contributed by atoms with Crippen LogP contribution in [-0.4, -0.2) is 11.1 Å². The Balaban J connectivity index is 3.24. The summed E-state index contributed by atoms with van der Waals surface area (Å²) in [6.07, 6.45) is 17.1. The van der Waals surface area contributed by atoms with Crippen molar-refractivity contribution >= 4 is 5.97 Å². The Hall–Kier alpha value is -1.23. The van der Waals surface area contributed by atoms with Gasteiger partial charge in [0.05, 0.1) is 0 Å². The fourth-order valence-electron chi connectivity index (χ4n) is 1.98. The van der Waals surface area contributed by atoms with Crippen LogP contribution >= 0.6 is 0 Å². The first-order valence-electron chi connectivity index (χ1n) is 8.12. The highest BCUT2D eigenvalue weighted by Gasteiger charge is 1.95. The molecular weight excluding hydrogens is 248 g/mol. The molecule has 0 bridgehead atoms. The summed E-state index contributed by atoms with van der Waals surface area (Å²) in [6.45, 7) is 2.23. The number of carboxylic acid groups (broad SMARTS) is 1. The molecule has 114 valence electrons.